The first-order valence-corrected chi connectivity index (χ1v) is 6.44. The maximum atomic E-state index is 11.8. The highest BCUT2D eigenvalue weighted by Gasteiger charge is 2.22. The van der Waals surface area contributed by atoms with Crippen LogP contribution in [0.1, 0.15) is 12.0 Å². The molecular weight excluding hydrogens is 228 g/mol. The number of benzene rings is 1. The first-order chi connectivity index (χ1) is 8.72. The lowest BCUT2D eigenvalue weighted by Gasteiger charge is -2.25. The van der Waals surface area contributed by atoms with Crippen molar-refractivity contribution < 1.29 is 9.53 Å². The molecule has 0 aliphatic carbocycles. The van der Waals surface area contributed by atoms with Crippen LogP contribution in [0.3, 0.4) is 0 Å². The average molecular weight is 246 g/mol. The topological polar surface area (TPSA) is 41.6 Å². The minimum absolute atomic E-state index is 0.0922. The number of ether oxygens (including phenoxy) is 1. The molecule has 18 heavy (non-hydrogen) atoms. The molecule has 0 radical (unpaired) electrons. The van der Waals surface area contributed by atoms with Gasteiger partial charge in [-0.15, -0.1) is 0 Å². The van der Waals surface area contributed by atoms with Crippen molar-refractivity contribution in [3.8, 4) is 0 Å². The summed E-state index contributed by atoms with van der Waals surface area (Å²) >= 11 is 0. The van der Waals surface area contributed by atoms with Crippen LogP contribution in [-0.2, 0) is 16.0 Å². The summed E-state index contributed by atoms with van der Waals surface area (Å²) in [6.07, 6.45) is 1.63. The minimum atomic E-state index is 0.0922. The molecule has 0 bridgehead atoms. The fourth-order valence-electron chi connectivity index (χ4n) is 2.52. The Labute approximate surface area is 107 Å². The van der Waals surface area contributed by atoms with Gasteiger partial charge in [0.1, 0.15) is 0 Å². The van der Waals surface area contributed by atoms with Gasteiger partial charge in [0.05, 0.1) is 13.2 Å². The van der Waals surface area contributed by atoms with E-state index in [-0.39, 0.29) is 5.91 Å². The molecule has 2 heterocycles. The number of carbonyl (C=O) groups is 1. The molecule has 1 saturated heterocycles. The van der Waals surface area contributed by atoms with Crippen LogP contribution in [0, 0.1) is 5.92 Å². The lowest BCUT2D eigenvalue weighted by atomic mass is 10.0. The van der Waals surface area contributed by atoms with E-state index in [0.717, 1.165) is 31.9 Å². The van der Waals surface area contributed by atoms with Crippen LogP contribution < -0.4 is 10.2 Å². The van der Waals surface area contributed by atoms with Crippen LogP contribution in [-0.4, -0.2) is 32.7 Å². The second kappa shape index (κ2) is 4.61. The zero-order chi connectivity index (χ0) is 12.5. The van der Waals surface area contributed by atoms with E-state index in [1.807, 2.05) is 6.07 Å². The predicted molar refractivity (Wildman–Crippen MR) is 71.0 cm³/mol. The third-order valence-corrected chi connectivity index (χ3v) is 3.67. The highest BCUT2D eigenvalue weighted by Crippen LogP contribution is 2.29. The number of nitrogens with zero attached hydrogens (tertiary/aromatic N) is 1. The minimum Gasteiger partial charge on any atom is -0.381 e. The molecule has 96 valence electrons. The largest absolute Gasteiger partial charge is 0.381 e. The molecule has 4 heteroatoms. The van der Waals surface area contributed by atoms with Gasteiger partial charge in [0.15, 0.2) is 0 Å². The van der Waals surface area contributed by atoms with Gasteiger partial charge in [-0.2, -0.15) is 0 Å². The van der Waals surface area contributed by atoms with Gasteiger partial charge in [-0.1, -0.05) is 0 Å². The zero-order valence-electron chi connectivity index (χ0n) is 10.6. The van der Waals surface area contributed by atoms with Crippen molar-refractivity contribution in [2.75, 3.05) is 37.0 Å². The van der Waals surface area contributed by atoms with Crippen molar-refractivity contribution in [1.82, 2.24) is 0 Å². The maximum Gasteiger partial charge on any atom is 0.224 e. The Morgan fingerprint density at radius 2 is 2.33 bits per heavy atom. The van der Waals surface area contributed by atoms with E-state index in [4.69, 9.17) is 4.74 Å². The molecule has 1 fully saturated rings. The van der Waals surface area contributed by atoms with Crippen LogP contribution >= 0.6 is 0 Å². The molecule has 0 atom stereocenters. The molecule has 1 amide bonds. The van der Waals surface area contributed by atoms with E-state index in [1.165, 1.54) is 11.3 Å². The lowest BCUT2D eigenvalue weighted by molar-refractivity contribution is -0.121. The molecule has 1 aromatic rings. The summed E-state index contributed by atoms with van der Waals surface area (Å²) in [7, 11) is 2.10. The first kappa shape index (κ1) is 11.5. The number of hydrogen-bond donors (Lipinski definition) is 1. The zero-order valence-corrected chi connectivity index (χ0v) is 10.6. The summed E-state index contributed by atoms with van der Waals surface area (Å²) in [4.78, 5) is 14.0. The number of amides is 1. The van der Waals surface area contributed by atoms with E-state index < -0.39 is 0 Å². The molecule has 0 unspecified atom stereocenters. The number of hydrogen-bond acceptors (Lipinski definition) is 3. The summed E-state index contributed by atoms with van der Waals surface area (Å²) in [6, 6.07) is 6.16. The van der Waals surface area contributed by atoms with E-state index in [0.29, 0.717) is 12.3 Å². The Hall–Kier alpha value is -1.55. The summed E-state index contributed by atoms with van der Waals surface area (Å²) in [5.41, 5.74) is 3.51. The maximum absolute atomic E-state index is 11.8. The Morgan fingerprint density at radius 1 is 1.50 bits per heavy atom. The molecule has 2 aliphatic rings. The van der Waals surface area contributed by atoms with Gasteiger partial charge >= 0.3 is 0 Å². The number of fused-ring (bicyclic) bond motifs is 1. The molecule has 1 N–H and O–H groups in total. The molecule has 3 rings (SSSR count). The highest BCUT2D eigenvalue weighted by atomic mass is 16.5. The number of nitrogens with one attached hydrogen (secondary N) is 1. The fraction of sp³-hybridized carbons (Fsp3) is 0.500. The second-order valence-corrected chi connectivity index (χ2v) is 5.17. The van der Waals surface area contributed by atoms with Gasteiger partial charge in [-0.25, -0.2) is 0 Å². The van der Waals surface area contributed by atoms with E-state index in [2.05, 4.69) is 29.4 Å². The number of carbonyl (C=O) groups excluding carboxylic acids is 1. The van der Waals surface area contributed by atoms with Crippen molar-refractivity contribution in [3.05, 3.63) is 23.8 Å². The third-order valence-electron chi connectivity index (χ3n) is 3.67. The van der Waals surface area contributed by atoms with E-state index >= 15 is 0 Å². The van der Waals surface area contributed by atoms with Gasteiger partial charge in [0.2, 0.25) is 5.91 Å². The van der Waals surface area contributed by atoms with Crippen molar-refractivity contribution >= 4 is 17.3 Å². The highest BCUT2D eigenvalue weighted by molar-refractivity contribution is 5.91. The third kappa shape index (κ3) is 2.20. The number of likely N-dealkylation sites (N-methyl/N-ethyl adjacent to an activating group) is 1. The van der Waals surface area contributed by atoms with Crippen molar-refractivity contribution in [2.45, 2.75) is 12.8 Å². The molecule has 0 aromatic heterocycles. The van der Waals surface area contributed by atoms with Gasteiger partial charge in [-0.05, 0) is 30.2 Å². The van der Waals surface area contributed by atoms with Crippen molar-refractivity contribution in [2.24, 2.45) is 5.92 Å². The normalized spacial score (nSPS) is 18.4. The quantitative estimate of drug-likeness (QED) is 0.881. The van der Waals surface area contributed by atoms with Crippen LogP contribution in [0.25, 0.3) is 0 Å². The van der Waals surface area contributed by atoms with Gasteiger partial charge < -0.3 is 15.0 Å². The fourth-order valence-corrected chi connectivity index (χ4v) is 2.52. The van der Waals surface area contributed by atoms with Crippen LogP contribution in [0.4, 0.5) is 11.4 Å². The SMILES string of the molecule is CN1CCc2cc(NC(=O)CC3COC3)ccc21. The van der Waals surface area contributed by atoms with Gasteiger partial charge in [-0.3, -0.25) is 4.79 Å². The Morgan fingerprint density at radius 3 is 3.06 bits per heavy atom. The molecule has 0 saturated carbocycles. The van der Waals surface area contributed by atoms with Crippen molar-refractivity contribution in [3.63, 3.8) is 0 Å². The Balaban J connectivity index is 1.64. The summed E-state index contributed by atoms with van der Waals surface area (Å²) in [5.74, 6) is 0.500. The van der Waals surface area contributed by atoms with Crippen LogP contribution in [0.2, 0.25) is 0 Å². The molecule has 4 nitrogen and oxygen atoms in total. The summed E-state index contributed by atoms with van der Waals surface area (Å²) in [5, 5.41) is 2.97. The molecule has 1 aromatic carbocycles. The molecular formula is C14H18N2O2. The van der Waals surface area contributed by atoms with Gasteiger partial charge in [0.25, 0.3) is 0 Å². The summed E-state index contributed by atoms with van der Waals surface area (Å²) in [6.45, 7) is 2.51. The van der Waals surface area contributed by atoms with E-state index in [9.17, 15) is 4.79 Å². The monoisotopic (exact) mass is 246 g/mol. The van der Waals surface area contributed by atoms with E-state index in [1.54, 1.807) is 0 Å². The van der Waals surface area contributed by atoms with Crippen LogP contribution in [0.15, 0.2) is 18.2 Å². The van der Waals surface area contributed by atoms with Crippen molar-refractivity contribution in [1.29, 1.82) is 0 Å². The molecule has 2 aliphatic heterocycles. The summed E-state index contributed by atoms with van der Waals surface area (Å²) < 4.78 is 5.07. The lowest BCUT2D eigenvalue weighted by Crippen LogP contribution is -2.31. The smallest absolute Gasteiger partial charge is 0.224 e. The standard InChI is InChI=1S/C14H18N2O2/c1-16-5-4-11-7-12(2-3-13(11)16)15-14(17)6-10-8-18-9-10/h2-3,7,10H,4-6,8-9H2,1H3,(H,15,17). The van der Waals surface area contributed by atoms with Crippen LogP contribution in [0.5, 0.6) is 0 Å². The Kier molecular flexibility index (Phi) is 2.96. The number of anilines is 2. The Bertz CT molecular complexity index is 469. The number of rotatable bonds is 3. The average Bonchev–Trinajstić information content (AvgIpc) is 2.66. The second-order valence-electron chi connectivity index (χ2n) is 5.17. The molecule has 0 spiro atoms. The first-order valence-electron chi connectivity index (χ1n) is 6.44. The predicted octanol–water partition coefficient (Wildman–Crippen LogP) is 1.65. The van der Waals surface area contributed by atoms with Gasteiger partial charge in [0, 0.05) is 37.3 Å².